The molecule has 0 saturated heterocycles. The number of likely N-dealkylation sites (N-methyl/N-ethyl adjacent to an activating group) is 1. The molecular formula is C11H22N2O3. The molecule has 0 spiro atoms. The van der Waals surface area contributed by atoms with Gasteiger partial charge >= 0.3 is 5.97 Å². The van der Waals surface area contributed by atoms with Gasteiger partial charge in [-0.15, -0.1) is 0 Å². The summed E-state index contributed by atoms with van der Waals surface area (Å²) in [5.41, 5.74) is -0.676. The van der Waals surface area contributed by atoms with Gasteiger partial charge < -0.3 is 15.7 Å². The molecule has 1 unspecified atom stereocenters. The fourth-order valence-electron chi connectivity index (χ4n) is 1.26. The molecule has 0 aliphatic heterocycles. The van der Waals surface area contributed by atoms with Crippen LogP contribution in [0.25, 0.3) is 0 Å². The summed E-state index contributed by atoms with van der Waals surface area (Å²) in [6, 6.07) is -0.289. The van der Waals surface area contributed by atoms with Crippen molar-refractivity contribution >= 4 is 11.9 Å². The average molecular weight is 230 g/mol. The van der Waals surface area contributed by atoms with Gasteiger partial charge in [-0.05, 0) is 27.3 Å². The topological polar surface area (TPSA) is 78.4 Å². The van der Waals surface area contributed by atoms with Crippen molar-refractivity contribution in [2.75, 3.05) is 7.05 Å². The first kappa shape index (κ1) is 14.9. The second kappa shape index (κ2) is 6.48. The lowest BCUT2D eigenvalue weighted by Crippen LogP contribution is -2.54. The van der Waals surface area contributed by atoms with Crippen LogP contribution in [0.1, 0.15) is 40.0 Å². The Labute approximate surface area is 96.6 Å². The molecule has 0 radical (unpaired) electrons. The van der Waals surface area contributed by atoms with Crippen molar-refractivity contribution in [1.82, 2.24) is 10.6 Å². The molecule has 0 heterocycles. The van der Waals surface area contributed by atoms with Crippen LogP contribution in [0.3, 0.4) is 0 Å². The van der Waals surface area contributed by atoms with Gasteiger partial charge in [-0.2, -0.15) is 0 Å². The van der Waals surface area contributed by atoms with Crippen LogP contribution in [0, 0.1) is 0 Å². The fourth-order valence-corrected chi connectivity index (χ4v) is 1.26. The molecule has 0 aromatic heterocycles. The minimum absolute atomic E-state index is 0.0284. The van der Waals surface area contributed by atoms with Crippen molar-refractivity contribution in [1.29, 1.82) is 0 Å². The number of carboxylic acid groups (broad SMARTS) is 1. The van der Waals surface area contributed by atoms with Crippen molar-refractivity contribution in [3.63, 3.8) is 0 Å². The quantitative estimate of drug-likeness (QED) is 0.603. The van der Waals surface area contributed by atoms with Gasteiger partial charge in [-0.1, -0.05) is 13.3 Å². The minimum Gasteiger partial charge on any atom is -0.481 e. The zero-order valence-electron chi connectivity index (χ0n) is 10.5. The summed E-state index contributed by atoms with van der Waals surface area (Å²) in [7, 11) is 1.70. The molecule has 1 amide bonds. The van der Waals surface area contributed by atoms with Crippen LogP contribution in [0.15, 0.2) is 0 Å². The number of hydrogen-bond acceptors (Lipinski definition) is 3. The predicted molar refractivity (Wildman–Crippen MR) is 62.2 cm³/mol. The third-order valence-corrected chi connectivity index (χ3v) is 2.59. The number of amides is 1. The highest BCUT2D eigenvalue weighted by molar-refractivity contribution is 5.86. The van der Waals surface area contributed by atoms with Crippen LogP contribution in [-0.2, 0) is 9.59 Å². The standard InChI is InChI=1S/C11H22N2O3/c1-5-6-8(7-9(14)15)13-10(16)11(2,3)12-4/h8,12H,5-7H2,1-4H3,(H,13,16)(H,14,15). The molecule has 5 nitrogen and oxygen atoms in total. The van der Waals surface area contributed by atoms with Crippen molar-refractivity contribution in [3.05, 3.63) is 0 Å². The Morgan fingerprint density at radius 1 is 1.38 bits per heavy atom. The Hall–Kier alpha value is -1.10. The average Bonchev–Trinajstić information content (AvgIpc) is 2.17. The summed E-state index contributed by atoms with van der Waals surface area (Å²) in [4.78, 5) is 22.4. The number of hydrogen-bond donors (Lipinski definition) is 3. The molecule has 1 atom stereocenters. The number of aliphatic carboxylic acids is 1. The van der Waals surface area contributed by atoms with Crippen molar-refractivity contribution < 1.29 is 14.7 Å². The maximum absolute atomic E-state index is 11.8. The minimum atomic E-state index is -0.888. The third-order valence-electron chi connectivity index (χ3n) is 2.59. The number of nitrogens with one attached hydrogen (secondary N) is 2. The summed E-state index contributed by atoms with van der Waals surface area (Å²) in [5.74, 6) is -1.06. The summed E-state index contributed by atoms with van der Waals surface area (Å²) in [5, 5.41) is 14.4. The Bertz CT molecular complexity index is 252. The maximum Gasteiger partial charge on any atom is 0.305 e. The van der Waals surface area contributed by atoms with Gasteiger partial charge in [-0.3, -0.25) is 9.59 Å². The van der Waals surface area contributed by atoms with E-state index in [4.69, 9.17) is 5.11 Å². The van der Waals surface area contributed by atoms with E-state index in [1.807, 2.05) is 6.92 Å². The van der Waals surface area contributed by atoms with Crippen LogP contribution >= 0.6 is 0 Å². The Balaban J connectivity index is 4.39. The predicted octanol–water partition coefficient (Wildman–Crippen LogP) is 0.744. The summed E-state index contributed by atoms with van der Waals surface area (Å²) >= 11 is 0. The fraction of sp³-hybridized carbons (Fsp3) is 0.818. The number of carbonyl (C=O) groups is 2. The van der Waals surface area contributed by atoms with Crippen LogP contribution in [0.5, 0.6) is 0 Å². The van der Waals surface area contributed by atoms with Crippen LogP contribution in [0.2, 0.25) is 0 Å². The Morgan fingerprint density at radius 3 is 2.31 bits per heavy atom. The highest BCUT2D eigenvalue weighted by atomic mass is 16.4. The van der Waals surface area contributed by atoms with Crippen molar-refractivity contribution in [2.24, 2.45) is 0 Å². The molecule has 16 heavy (non-hydrogen) atoms. The summed E-state index contributed by atoms with van der Waals surface area (Å²) < 4.78 is 0. The maximum atomic E-state index is 11.8. The molecule has 94 valence electrons. The summed E-state index contributed by atoms with van der Waals surface area (Å²) in [6.45, 7) is 5.47. The van der Waals surface area contributed by atoms with E-state index < -0.39 is 11.5 Å². The van der Waals surface area contributed by atoms with E-state index >= 15 is 0 Å². The normalized spacial score (nSPS) is 13.2. The van der Waals surface area contributed by atoms with Gasteiger partial charge in [0.15, 0.2) is 0 Å². The number of carbonyl (C=O) groups excluding carboxylic acids is 1. The molecule has 5 heteroatoms. The van der Waals surface area contributed by atoms with Gasteiger partial charge in [0.2, 0.25) is 5.91 Å². The molecule has 3 N–H and O–H groups in total. The van der Waals surface area contributed by atoms with Crippen LogP contribution in [-0.4, -0.2) is 35.6 Å². The molecule has 0 saturated carbocycles. The van der Waals surface area contributed by atoms with E-state index in [1.165, 1.54) is 0 Å². The van der Waals surface area contributed by atoms with Crippen molar-refractivity contribution in [3.8, 4) is 0 Å². The van der Waals surface area contributed by atoms with E-state index in [-0.39, 0.29) is 18.4 Å². The highest BCUT2D eigenvalue weighted by Gasteiger charge is 2.27. The molecule has 0 aliphatic rings. The lowest BCUT2D eigenvalue weighted by Gasteiger charge is -2.26. The van der Waals surface area contributed by atoms with Crippen LogP contribution < -0.4 is 10.6 Å². The number of carboxylic acids is 1. The molecule has 0 rings (SSSR count). The lowest BCUT2D eigenvalue weighted by molar-refractivity contribution is -0.138. The zero-order chi connectivity index (χ0) is 12.8. The second-order valence-electron chi connectivity index (χ2n) is 4.43. The molecule has 0 aromatic rings. The molecule has 0 aromatic carbocycles. The van der Waals surface area contributed by atoms with E-state index in [2.05, 4.69) is 10.6 Å². The molecule has 0 bridgehead atoms. The lowest BCUT2D eigenvalue weighted by atomic mass is 10.0. The first-order valence-corrected chi connectivity index (χ1v) is 5.55. The smallest absolute Gasteiger partial charge is 0.305 e. The molecule has 0 aliphatic carbocycles. The second-order valence-corrected chi connectivity index (χ2v) is 4.43. The largest absolute Gasteiger partial charge is 0.481 e. The number of rotatable bonds is 7. The molecular weight excluding hydrogens is 208 g/mol. The van der Waals surface area contributed by atoms with Gasteiger partial charge in [0.25, 0.3) is 0 Å². The first-order valence-electron chi connectivity index (χ1n) is 5.55. The SMILES string of the molecule is CCCC(CC(=O)O)NC(=O)C(C)(C)NC. The first-order chi connectivity index (χ1) is 7.33. The third kappa shape index (κ3) is 5.11. The molecule has 0 fully saturated rings. The van der Waals surface area contributed by atoms with Crippen molar-refractivity contribution in [2.45, 2.75) is 51.6 Å². The Morgan fingerprint density at radius 2 is 1.94 bits per heavy atom. The highest BCUT2D eigenvalue weighted by Crippen LogP contribution is 2.06. The van der Waals surface area contributed by atoms with Gasteiger partial charge in [0.1, 0.15) is 0 Å². The van der Waals surface area contributed by atoms with E-state index in [1.54, 1.807) is 20.9 Å². The van der Waals surface area contributed by atoms with E-state index in [0.29, 0.717) is 6.42 Å². The Kier molecular flexibility index (Phi) is 6.03. The van der Waals surface area contributed by atoms with E-state index in [9.17, 15) is 9.59 Å². The van der Waals surface area contributed by atoms with Gasteiger partial charge in [-0.25, -0.2) is 0 Å². The van der Waals surface area contributed by atoms with Crippen LogP contribution in [0.4, 0.5) is 0 Å². The van der Waals surface area contributed by atoms with Gasteiger partial charge in [0, 0.05) is 6.04 Å². The van der Waals surface area contributed by atoms with Gasteiger partial charge in [0.05, 0.1) is 12.0 Å². The summed E-state index contributed by atoms with van der Waals surface area (Å²) in [6.07, 6.45) is 1.50. The zero-order valence-corrected chi connectivity index (χ0v) is 10.5. The van der Waals surface area contributed by atoms with E-state index in [0.717, 1.165) is 6.42 Å². The monoisotopic (exact) mass is 230 g/mol.